The van der Waals surface area contributed by atoms with Gasteiger partial charge in [-0.25, -0.2) is 0 Å². The van der Waals surface area contributed by atoms with Crippen molar-refractivity contribution in [2.24, 2.45) is 5.92 Å². The molecule has 0 fully saturated rings. The molecular formula is C19H25N. The first kappa shape index (κ1) is 16.1. The quantitative estimate of drug-likeness (QED) is 0.466. The molecule has 20 heavy (non-hydrogen) atoms. The number of allylic oxidation sites excluding steroid dienone is 3. The van der Waals surface area contributed by atoms with Gasteiger partial charge < -0.3 is 5.73 Å². The topological polar surface area (TPSA) is 26.0 Å². The van der Waals surface area contributed by atoms with E-state index in [1.807, 2.05) is 12.1 Å². The summed E-state index contributed by atoms with van der Waals surface area (Å²) in [4.78, 5) is 0. The van der Waals surface area contributed by atoms with Gasteiger partial charge in [0.2, 0.25) is 0 Å². The molecular weight excluding hydrogens is 242 g/mol. The normalized spacial score (nSPS) is 11.6. The second-order valence-electron chi connectivity index (χ2n) is 5.83. The Kier molecular flexibility index (Phi) is 5.22. The molecule has 2 N–H and O–H groups in total. The van der Waals surface area contributed by atoms with Gasteiger partial charge in [0.15, 0.2) is 0 Å². The Morgan fingerprint density at radius 2 is 1.95 bits per heavy atom. The van der Waals surface area contributed by atoms with Crippen molar-refractivity contribution in [3.63, 3.8) is 0 Å². The van der Waals surface area contributed by atoms with Crippen molar-refractivity contribution in [3.8, 4) is 12.3 Å². The highest BCUT2D eigenvalue weighted by atomic mass is 14.6. The maximum atomic E-state index is 6.24. The zero-order chi connectivity index (χ0) is 15.4. The summed E-state index contributed by atoms with van der Waals surface area (Å²) in [6, 6.07) is 3.91. The van der Waals surface area contributed by atoms with Crippen molar-refractivity contribution < 1.29 is 0 Å². The fourth-order valence-electron chi connectivity index (χ4n) is 2.35. The van der Waals surface area contributed by atoms with Crippen LogP contribution in [0.2, 0.25) is 0 Å². The number of hydrogen-bond acceptors (Lipinski definition) is 1. The molecule has 0 heterocycles. The summed E-state index contributed by atoms with van der Waals surface area (Å²) in [6.45, 7) is 14.7. The maximum absolute atomic E-state index is 6.24. The van der Waals surface area contributed by atoms with Gasteiger partial charge in [-0.15, -0.1) is 6.42 Å². The third-order valence-corrected chi connectivity index (χ3v) is 3.79. The number of nitrogens with two attached hydrogens (primary N) is 1. The standard InChI is InChI=1S/C19H25N/c1-8-16-9-15(7)19(18(20)11-16)17(13(4)5)10-14(6)12(2)3/h1,9,11,14H,2,10,20H2,3-7H3. The molecule has 1 heteroatoms. The van der Waals surface area contributed by atoms with Crippen molar-refractivity contribution in [2.45, 2.75) is 41.0 Å². The zero-order valence-electron chi connectivity index (χ0n) is 13.3. The summed E-state index contributed by atoms with van der Waals surface area (Å²) in [6.07, 6.45) is 6.42. The van der Waals surface area contributed by atoms with E-state index in [0.29, 0.717) is 5.92 Å². The Morgan fingerprint density at radius 1 is 1.35 bits per heavy atom. The molecule has 1 unspecified atom stereocenters. The molecule has 106 valence electrons. The Morgan fingerprint density at radius 3 is 2.35 bits per heavy atom. The first-order valence-electron chi connectivity index (χ1n) is 6.96. The third kappa shape index (κ3) is 3.54. The summed E-state index contributed by atoms with van der Waals surface area (Å²) in [7, 11) is 0. The average Bonchev–Trinajstić information content (AvgIpc) is 2.35. The molecule has 0 amide bonds. The summed E-state index contributed by atoms with van der Waals surface area (Å²) in [5.41, 5.74) is 13.9. The number of hydrogen-bond donors (Lipinski definition) is 1. The molecule has 1 nitrogen and oxygen atoms in total. The van der Waals surface area contributed by atoms with Gasteiger partial charge in [0, 0.05) is 16.8 Å². The summed E-state index contributed by atoms with van der Waals surface area (Å²) < 4.78 is 0. The summed E-state index contributed by atoms with van der Waals surface area (Å²) in [5.74, 6) is 3.09. The van der Waals surface area contributed by atoms with Gasteiger partial charge >= 0.3 is 0 Å². The number of anilines is 1. The van der Waals surface area contributed by atoms with E-state index in [1.165, 1.54) is 16.7 Å². The second kappa shape index (κ2) is 6.48. The van der Waals surface area contributed by atoms with Gasteiger partial charge in [0.1, 0.15) is 0 Å². The van der Waals surface area contributed by atoms with Crippen molar-refractivity contribution in [1.29, 1.82) is 0 Å². The van der Waals surface area contributed by atoms with Crippen LogP contribution in [0.3, 0.4) is 0 Å². The van der Waals surface area contributed by atoms with Gasteiger partial charge in [-0.1, -0.05) is 30.6 Å². The molecule has 0 saturated carbocycles. The molecule has 0 bridgehead atoms. The monoisotopic (exact) mass is 267 g/mol. The van der Waals surface area contributed by atoms with Crippen LogP contribution in [0.4, 0.5) is 5.69 Å². The van der Waals surface area contributed by atoms with Crippen molar-refractivity contribution in [2.75, 3.05) is 5.73 Å². The van der Waals surface area contributed by atoms with E-state index < -0.39 is 0 Å². The lowest BCUT2D eigenvalue weighted by Crippen LogP contribution is -2.04. The van der Waals surface area contributed by atoms with Crippen LogP contribution >= 0.6 is 0 Å². The van der Waals surface area contributed by atoms with Gasteiger partial charge in [0.05, 0.1) is 0 Å². The molecule has 0 spiro atoms. The number of aryl methyl sites for hydroxylation is 1. The molecule has 1 aromatic rings. The van der Waals surface area contributed by atoms with Gasteiger partial charge in [-0.3, -0.25) is 0 Å². The maximum Gasteiger partial charge on any atom is 0.0405 e. The fraction of sp³-hybridized carbons (Fsp3) is 0.368. The van der Waals surface area contributed by atoms with E-state index in [4.69, 9.17) is 12.2 Å². The summed E-state index contributed by atoms with van der Waals surface area (Å²) in [5, 5.41) is 0. The number of nitrogen functional groups attached to an aromatic ring is 1. The van der Waals surface area contributed by atoms with E-state index in [2.05, 4.69) is 47.1 Å². The first-order valence-corrected chi connectivity index (χ1v) is 6.96. The predicted molar refractivity (Wildman–Crippen MR) is 90.4 cm³/mol. The van der Waals surface area contributed by atoms with Gasteiger partial charge in [-0.05, 0) is 63.3 Å². The van der Waals surface area contributed by atoms with E-state index >= 15 is 0 Å². The third-order valence-electron chi connectivity index (χ3n) is 3.79. The lowest BCUT2D eigenvalue weighted by molar-refractivity contribution is 0.705. The Bertz CT molecular complexity index is 570. The van der Waals surface area contributed by atoms with Crippen molar-refractivity contribution >= 4 is 11.3 Å². The van der Waals surface area contributed by atoms with Crippen molar-refractivity contribution in [3.05, 3.63) is 46.5 Å². The lowest BCUT2D eigenvalue weighted by atomic mass is 9.86. The minimum absolute atomic E-state index is 0.436. The van der Waals surface area contributed by atoms with Gasteiger partial charge in [-0.2, -0.15) is 0 Å². The molecule has 1 atom stereocenters. The Labute approximate surface area is 123 Å². The molecule has 1 aromatic carbocycles. The van der Waals surface area contributed by atoms with Gasteiger partial charge in [0.25, 0.3) is 0 Å². The Balaban J connectivity index is 3.36. The molecule has 0 radical (unpaired) electrons. The van der Waals surface area contributed by atoms with Crippen molar-refractivity contribution in [1.82, 2.24) is 0 Å². The molecule has 0 aromatic heterocycles. The van der Waals surface area contributed by atoms with Crippen LogP contribution < -0.4 is 5.73 Å². The van der Waals surface area contributed by atoms with Crippen LogP contribution in [-0.2, 0) is 0 Å². The van der Waals surface area contributed by atoms with Crippen LogP contribution in [0.1, 0.15) is 50.8 Å². The second-order valence-corrected chi connectivity index (χ2v) is 5.83. The van der Waals surface area contributed by atoms with E-state index in [1.54, 1.807) is 0 Å². The molecule has 0 aliphatic rings. The largest absolute Gasteiger partial charge is 0.398 e. The minimum Gasteiger partial charge on any atom is -0.398 e. The lowest BCUT2D eigenvalue weighted by Gasteiger charge is -2.20. The molecule has 0 saturated heterocycles. The fourth-order valence-corrected chi connectivity index (χ4v) is 2.35. The van der Waals surface area contributed by atoms with Crippen LogP contribution in [0.15, 0.2) is 29.9 Å². The smallest absolute Gasteiger partial charge is 0.0405 e. The number of terminal acetylenes is 1. The first-order chi connectivity index (χ1) is 9.27. The zero-order valence-corrected chi connectivity index (χ0v) is 13.3. The van der Waals surface area contributed by atoms with E-state index in [-0.39, 0.29) is 0 Å². The number of benzene rings is 1. The highest BCUT2D eigenvalue weighted by molar-refractivity contribution is 5.80. The molecule has 1 rings (SSSR count). The van der Waals surface area contributed by atoms with Crippen LogP contribution in [-0.4, -0.2) is 0 Å². The Hall–Kier alpha value is -1.94. The van der Waals surface area contributed by atoms with E-state index in [0.717, 1.165) is 28.8 Å². The molecule has 0 aliphatic heterocycles. The van der Waals surface area contributed by atoms with E-state index in [9.17, 15) is 0 Å². The highest BCUT2D eigenvalue weighted by Gasteiger charge is 2.15. The van der Waals surface area contributed by atoms with Crippen LogP contribution in [0, 0.1) is 25.2 Å². The average molecular weight is 267 g/mol. The van der Waals surface area contributed by atoms with Crippen LogP contribution in [0.5, 0.6) is 0 Å². The van der Waals surface area contributed by atoms with Crippen LogP contribution in [0.25, 0.3) is 5.57 Å². The molecule has 0 aliphatic carbocycles. The summed E-state index contributed by atoms with van der Waals surface area (Å²) >= 11 is 0. The minimum atomic E-state index is 0.436. The number of rotatable bonds is 4. The predicted octanol–water partition coefficient (Wildman–Crippen LogP) is 4.95. The highest BCUT2D eigenvalue weighted by Crippen LogP contribution is 2.34. The SMILES string of the molecule is C#Cc1cc(C)c(C(CC(C)C(=C)C)=C(C)C)c(N)c1.